The van der Waals surface area contributed by atoms with Crippen molar-refractivity contribution in [2.45, 2.75) is 25.3 Å². The minimum absolute atomic E-state index is 0.170. The van der Waals surface area contributed by atoms with Gasteiger partial charge in [-0.3, -0.25) is 9.79 Å². The zero-order valence-corrected chi connectivity index (χ0v) is 12.4. The second-order valence-corrected chi connectivity index (χ2v) is 6.31. The standard InChI is InChI=1S/C15H19N5O/c1-10-18-15(13(21)19(10)2)5-4-11-8-20(9-12(11)15)14-16-6-3-7-17-14/h3,6-7,11-12H,4-5,8-9H2,1-2H3/t11-,12+,15-/m0/s1. The van der Waals surface area contributed by atoms with E-state index in [0.717, 1.165) is 37.7 Å². The van der Waals surface area contributed by atoms with E-state index in [-0.39, 0.29) is 11.8 Å². The Labute approximate surface area is 123 Å². The highest BCUT2D eigenvalue weighted by Crippen LogP contribution is 2.50. The summed E-state index contributed by atoms with van der Waals surface area (Å²) in [5, 5.41) is 0. The largest absolute Gasteiger partial charge is 0.340 e. The smallest absolute Gasteiger partial charge is 0.255 e. The predicted octanol–water partition coefficient (Wildman–Crippen LogP) is 0.952. The molecule has 0 N–H and O–H groups in total. The molecule has 2 fully saturated rings. The van der Waals surface area contributed by atoms with Crippen LogP contribution in [0, 0.1) is 11.8 Å². The minimum atomic E-state index is -0.521. The van der Waals surface area contributed by atoms with Gasteiger partial charge in [-0.2, -0.15) is 0 Å². The van der Waals surface area contributed by atoms with Crippen molar-refractivity contribution < 1.29 is 4.79 Å². The number of nitrogens with zero attached hydrogens (tertiary/aromatic N) is 5. The van der Waals surface area contributed by atoms with E-state index >= 15 is 0 Å². The molecule has 0 aromatic carbocycles. The predicted molar refractivity (Wildman–Crippen MR) is 79.1 cm³/mol. The van der Waals surface area contributed by atoms with E-state index < -0.39 is 5.54 Å². The molecule has 110 valence electrons. The lowest BCUT2D eigenvalue weighted by Crippen LogP contribution is -2.45. The lowest BCUT2D eigenvalue weighted by Gasteiger charge is -2.27. The first-order chi connectivity index (χ1) is 10.1. The van der Waals surface area contributed by atoms with Crippen LogP contribution < -0.4 is 4.90 Å². The molecular weight excluding hydrogens is 266 g/mol. The third kappa shape index (κ3) is 1.65. The van der Waals surface area contributed by atoms with E-state index in [9.17, 15) is 4.79 Å². The quantitative estimate of drug-likeness (QED) is 0.771. The summed E-state index contributed by atoms with van der Waals surface area (Å²) < 4.78 is 0. The number of hydrogen-bond donors (Lipinski definition) is 0. The molecule has 3 aliphatic rings. The van der Waals surface area contributed by atoms with Gasteiger partial charge in [-0.1, -0.05) is 0 Å². The number of amidine groups is 1. The molecule has 6 nitrogen and oxygen atoms in total. The first-order valence-corrected chi connectivity index (χ1v) is 7.48. The van der Waals surface area contributed by atoms with Crippen LogP contribution in [0.15, 0.2) is 23.5 Å². The van der Waals surface area contributed by atoms with Gasteiger partial charge in [-0.15, -0.1) is 0 Å². The summed E-state index contributed by atoms with van der Waals surface area (Å²) in [6.07, 6.45) is 5.47. The second-order valence-electron chi connectivity index (χ2n) is 6.31. The number of fused-ring (bicyclic) bond motifs is 2. The van der Waals surface area contributed by atoms with Gasteiger partial charge >= 0.3 is 0 Å². The van der Waals surface area contributed by atoms with Crippen LogP contribution in [0.4, 0.5) is 5.95 Å². The van der Waals surface area contributed by atoms with Crippen molar-refractivity contribution >= 4 is 17.7 Å². The Balaban J connectivity index is 1.64. The van der Waals surface area contributed by atoms with Gasteiger partial charge in [0, 0.05) is 38.4 Å². The Morgan fingerprint density at radius 1 is 1.29 bits per heavy atom. The topological polar surface area (TPSA) is 61.7 Å². The molecule has 6 heteroatoms. The molecule has 3 atom stereocenters. The van der Waals surface area contributed by atoms with Crippen LogP contribution >= 0.6 is 0 Å². The molecule has 1 saturated heterocycles. The van der Waals surface area contributed by atoms with Gasteiger partial charge in [0.1, 0.15) is 11.4 Å². The summed E-state index contributed by atoms with van der Waals surface area (Å²) in [6.45, 7) is 3.68. The number of aromatic nitrogens is 2. The molecule has 1 amide bonds. The molecular formula is C15H19N5O. The molecule has 0 radical (unpaired) electrons. The molecule has 2 aliphatic heterocycles. The number of aliphatic imine (C=N–C) groups is 1. The highest BCUT2D eigenvalue weighted by molar-refractivity contribution is 6.07. The fourth-order valence-electron chi connectivity index (χ4n) is 4.17. The maximum atomic E-state index is 12.7. The Morgan fingerprint density at radius 3 is 2.71 bits per heavy atom. The molecule has 1 spiro atoms. The lowest BCUT2D eigenvalue weighted by atomic mass is 9.85. The summed E-state index contributed by atoms with van der Waals surface area (Å²) in [7, 11) is 1.83. The van der Waals surface area contributed by atoms with E-state index in [2.05, 4.69) is 14.9 Å². The molecule has 0 unspecified atom stereocenters. The van der Waals surface area contributed by atoms with Crippen molar-refractivity contribution in [3.8, 4) is 0 Å². The monoisotopic (exact) mass is 285 g/mol. The zero-order valence-electron chi connectivity index (χ0n) is 12.4. The van der Waals surface area contributed by atoms with Crippen LogP contribution in [0.2, 0.25) is 0 Å². The second kappa shape index (κ2) is 4.26. The summed E-state index contributed by atoms with van der Waals surface area (Å²) in [5.41, 5.74) is -0.521. The van der Waals surface area contributed by atoms with Crippen LogP contribution in [0.5, 0.6) is 0 Å². The number of carbonyl (C=O) groups is 1. The molecule has 4 rings (SSSR count). The van der Waals surface area contributed by atoms with E-state index in [1.807, 2.05) is 20.0 Å². The van der Waals surface area contributed by atoms with Crippen LogP contribution in [-0.2, 0) is 4.79 Å². The number of rotatable bonds is 1. The maximum absolute atomic E-state index is 12.7. The molecule has 1 aromatic heterocycles. The number of amides is 1. The van der Waals surface area contributed by atoms with Crippen LogP contribution in [0.3, 0.4) is 0 Å². The van der Waals surface area contributed by atoms with Gasteiger partial charge in [0.25, 0.3) is 5.91 Å². The Bertz CT molecular complexity index is 616. The normalized spacial score (nSPS) is 34.8. The highest BCUT2D eigenvalue weighted by Gasteiger charge is 2.60. The van der Waals surface area contributed by atoms with Crippen LogP contribution in [0.1, 0.15) is 19.8 Å². The highest BCUT2D eigenvalue weighted by atomic mass is 16.2. The van der Waals surface area contributed by atoms with Crippen molar-refractivity contribution in [2.75, 3.05) is 25.0 Å². The maximum Gasteiger partial charge on any atom is 0.255 e. The van der Waals surface area contributed by atoms with E-state index in [1.54, 1.807) is 17.3 Å². The van der Waals surface area contributed by atoms with Crippen molar-refractivity contribution in [1.29, 1.82) is 0 Å². The van der Waals surface area contributed by atoms with Crippen LogP contribution in [0.25, 0.3) is 0 Å². The average Bonchev–Trinajstić information content (AvgIpc) is 3.13. The van der Waals surface area contributed by atoms with E-state index in [1.165, 1.54) is 0 Å². The third-order valence-corrected chi connectivity index (χ3v) is 5.31. The number of likely N-dealkylation sites (N-methyl/N-ethyl adjacent to an activating group) is 1. The number of hydrogen-bond acceptors (Lipinski definition) is 5. The van der Waals surface area contributed by atoms with Crippen molar-refractivity contribution in [1.82, 2.24) is 14.9 Å². The summed E-state index contributed by atoms with van der Waals surface area (Å²) >= 11 is 0. The molecule has 0 bridgehead atoms. The molecule has 1 aromatic rings. The lowest BCUT2D eigenvalue weighted by molar-refractivity contribution is -0.131. The molecule has 1 aliphatic carbocycles. The molecule has 21 heavy (non-hydrogen) atoms. The van der Waals surface area contributed by atoms with Gasteiger partial charge < -0.3 is 9.80 Å². The van der Waals surface area contributed by atoms with Crippen molar-refractivity contribution in [3.05, 3.63) is 18.5 Å². The van der Waals surface area contributed by atoms with E-state index in [0.29, 0.717) is 5.92 Å². The van der Waals surface area contributed by atoms with E-state index in [4.69, 9.17) is 4.99 Å². The number of anilines is 1. The first kappa shape index (κ1) is 12.7. The SMILES string of the molecule is CC1=N[C@]2(CC[C@H]3CN(c4ncccn4)C[C@H]32)C(=O)N1C. The average molecular weight is 285 g/mol. The van der Waals surface area contributed by atoms with Gasteiger partial charge in [0.15, 0.2) is 0 Å². The number of carbonyl (C=O) groups excluding carboxylic acids is 1. The van der Waals surface area contributed by atoms with Crippen molar-refractivity contribution in [2.24, 2.45) is 16.8 Å². The summed E-state index contributed by atoms with van der Waals surface area (Å²) in [5.74, 6) is 2.58. The zero-order chi connectivity index (χ0) is 14.6. The Morgan fingerprint density at radius 2 is 2.05 bits per heavy atom. The van der Waals surface area contributed by atoms with Crippen molar-refractivity contribution in [3.63, 3.8) is 0 Å². The van der Waals surface area contributed by atoms with Gasteiger partial charge in [0.2, 0.25) is 5.95 Å². The fourth-order valence-corrected chi connectivity index (χ4v) is 4.17. The molecule has 1 saturated carbocycles. The summed E-state index contributed by atoms with van der Waals surface area (Å²) in [4.78, 5) is 30.0. The van der Waals surface area contributed by atoms with Gasteiger partial charge in [-0.05, 0) is 31.7 Å². The fraction of sp³-hybridized carbons (Fsp3) is 0.600. The molecule has 3 heterocycles. The first-order valence-electron chi connectivity index (χ1n) is 7.48. The third-order valence-electron chi connectivity index (χ3n) is 5.31. The van der Waals surface area contributed by atoms with Crippen LogP contribution in [-0.4, -0.2) is 52.3 Å². The summed E-state index contributed by atoms with van der Waals surface area (Å²) in [6, 6.07) is 1.82. The Hall–Kier alpha value is -1.98. The van der Waals surface area contributed by atoms with Gasteiger partial charge in [0.05, 0.1) is 0 Å². The minimum Gasteiger partial charge on any atom is -0.340 e. The Kier molecular flexibility index (Phi) is 2.58. The van der Waals surface area contributed by atoms with Gasteiger partial charge in [-0.25, -0.2) is 9.97 Å².